The van der Waals surface area contributed by atoms with Crippen LogP contribution >= 0.6 is 0 Å². The highest BCUT2D eigenvalue weighted by Gasteiger charge is 2.23. The lowest BCUT2D eigenvalue weighted by Gasteiger charge is -2.24. The van der Waals surface area contributed by atoms with Gasteiger partial charge in [0.2, 0.25) is 10.0 Å². The van der Waals surface area contributed by atoms with Crippen LogP contribution in [0.2, 0.25) is 0 Å². The summed E-state index contributed by atoms with van der Waals surface area (Å²) >= 11 is 0. The van der Waals surface area contributed by atoms with Gasteiger partial charge in [-0.2, -0.15) is 0 Å². The molecular formula is C30H36N4O6S. The van der Waals surface area contributed by atoms with Crippen molar-refractivity contribution in [3.8, 4) is 17.2 Å². The molecule has 0 aliphatic carbocycles. The number of methoxy groups -OCH3 is 1. The van der Waals surface area contributed by atoms with Crippen molar-refractivity contribution in [1.82, 2.24) is 4.98 Å². The summed E-state index contributed by atoms with van der Waals surface area (Å²) < 4.78 is 43.6. The molecule has 1 amide bonds. The quantitative estimate of drug-likeness (QED) is 0.343. The Balaban J connectivity index is 1.59. The summed E-state index contributed by atoms with van der Waals surface area (Å²) in [6, 6.07) is 12.2. The topological polar surface area (TPSA) is 128 Å². The van der Waals surface area contributed by atoms with Crippen molar-refractivity contribution < 1.29 is 27.4 Å². The molecule has 4 rings (SSSR count). The fourth-order valence-corrected chi connectivity index (χ4v) is 4.75. The average Bonchev–Trinajstić information content (AvgIpc) is 3.41. The van der Waals surface area contributed by atoms with Crippen LogP contribution in [0.15, 0.2) is 53.7 Å². The molecule has 11 heteroatoms. The minimum Gasteiger partial charge on any atom is -0.492 e. The van der Waals surface area contributed by atoms with E-state index in [0.29, 0.717) is 42.5 Å². The number of amides is 1. The van der Waals surface area contributed by atoms with Crippen molar-refractivity contribution in [1.29, 1.82) is 0 Å². The van der Waals surface area contributed by atoms with E-state index in [4.69, 9.17) is 14.2 Å². The average molecular weight is 581 g/mol. The van der Waals surface area contributed by atoms with Gasteiger partial charge in [0.1, 0.15) is 11.5 Å². The number of nitrogens with one attached hydrogen (secondary N) is 2. The Morgan fingerprint density at radius 3 is 2.54 bits per heavy atom. The largest absolute Gasteiger partial charge is 0.492 e. The van der Waals surface area contributed by atoms with E-state index < -0.39 is 15.9 Å². The third-order valence-corrected chi connectivity index (χ3v) is 7.03. The fourth-order valence-electron chi connectivity index (χ4n) is 4.20. The molecule has 2 heterocycles. The minimum absolute atomic E-state index is 0.206. The maximum absolute atomic E-state index is 13.4. The molecule has 0 unspecified atom stereocenters. The van der Waals surface area contributed by atoms with Crippen LogP contribution in [0.4, 0.5) is 11.4 Å². The number of aromatic nitrogens is 1. The lowest BCUT2D eigenvalue weighted by atomic mass is 9.86. The van der Waals surface area contributed by atoms with Gasteiger partial charge in [-0.25, -0.2) is 8.42 Å². The number of aliphatic imine (C=N–C) groups is 1. The lowest BCUT2D eigenvalue weighted by Crippen LogP contribution is -2.18. The summed E-state index contributed by atoms with van der Waals surface area (Å²) in [7, 11) is -2.18. The standard InChI is InChI=1S/C30H36N4O6S/c1-19-7-8-20(13-27(19)40-24-9-11-31-23(16-24)17-32-22-10-12-39-18-22)29(35)33-25-14-21(30(2,3)4)15-26(28(25)38-5)34-41(6,36)37/h7-9,11,13-16,34H,10,12,17-18H2,1-6H3,(H,33,35). The molecule has 10 nitrogen and oxygen atoms in total. The predicted molar refractivity (Wildman–Crippen MR) is 160 cm³/mol. The van der Waals surface area contributed by atoms with Crippen molar-refractivity contribution >= 4 is 33.0 Å². The number of carbonyl (C=O) groups is 1. The summed E-state index contributed by atoms with van der Waals surface area (Å²) in [5, 5.41) is 2.89. The molecule has 0 spiro atoms. The number of carbonyl (C=O) groups excluding carboxylic acids is 1. The number of hydrogen-bond acceptors (Lipinski definition) is 8. The van der Waals surface area contributed by atoms with Gasteiger partial charge in [0, 0.05) is 30.0 Å². The molecule has 41 heavy (non-hydrogen) atoms. The number of sulfonamides is 1. The lowest BCUT2D eigenvalue weighted by molar-refractivity contribution is 0.102. The molecule has 1 aliphatic rings. The number of benzene rings is 2. The summed E-state index contributed by atoms with van der Waals surface area (Å²) in [4.78, 5) is 22.4. The van der Waals surface area contributed by atoms with Crippen LogP contribution in [0.3, 0.4) is 0 Å². The number of anilines is 2. The van der Waals surface area contributed by atoms with E-state index in [1.807, 2.05) is 33.8 Å². The van der Waals surface area contributed by atoms with Crippen molar-refractivity contribution in [3.05, 3.63) is 71.0 Å². The van der Waals surface area contributed by atoms with Crippen molar-refractivity contribution in [2.75, 3.05) is 36.6 Å². The molecule has 1 saturated heterocycles. The van der Waals surface area contributed by atoms with Gasteiger partial charge < -0.3 is 19.5 Å². The first-order valence-electron chi connectivity index (χ1n) is 13.2. The zero-order valence-electron chi connectivity index (χ0n) is 24.2. The van der Waals surface area contributed by atoms with E-state index in [2.05, 4.69) is 20.0 Å². The monoisotopic (exact) mass is 580 g/mol. The number of nitrogens with zero attached hydrogens (tertiary/aromatic N) is 2. The van der Waals surface area contributed by atoms with E-state index in [1.165, 1.54) is 7.11 Å². The van der Waals surface area contributed by atoms with E-state index >= 15 is 0 Å². The summed E-state index contributed by atoms with van der Waals surface area (Å²) in [6.07, 6.45) is 3.57. The molecule has 0 bridgehead atoms. The van der Waals surface area contributed by atoms with Crippen LogP contribution in [0.25, 0.3) is 0 Å². The first-order chi connectivity index (χ1) is 19.3. The van der Waals surface area contributed by atoms with E-state index in [1.54, 1.807) is 42.6 Å². The van der Waals surface area contributed by atoms with Gasteiger partial charge in [-0.3, -0.25) is 19.5 Å². The molecule has 1 fully saturated rings. The number of aryl methyl sites for hydroxylation is 1. The van der Waals surface area contributed by atoms with Crippen LogP contribution < -0.4 is 19.5 Å². The highest BCUT2D eigenvalue weighted by Crippen LogP contribution is 2.39. The first kappa shape index (κ1) is 30.0. The Kier molecular flexibility index (Phi) is 8.98. The second kappa shape index (κ2) is 12.3. The zero-order chi connectivity index (χ0) is 29.8. The highest BCUT2D eigenvalue weighted by molar-refractivity contribution is 7.92. The van der Waals surface area contributed by atoms with Crippen LogP contribution in [0, 0.1) is 6.92 Å². The Labute approximate surface area is 241 Å². The van der Waals surface area contributed by atoms with Crippen molar-refractivity contribution in [2.45, 2.75) is 46.1 Å². The molecule has 2 N–H and O–H groups in total. The summed E-state index contributed by atoms with van der Waals surface area (Å²) in [6.45, 7) is 9.57. The van der Waals surface area contributed by atoms with Crippen LogP contribution in [0.5, 0.6) is 17.2 Å². The van der Waals surface area contributed by atoms with Gasteiger partial charge in [-0.1, -0.05) is 26.8 Å². The molecule has 218 valence electrons. The van der Waals surface area contributed by atoms with E-state index in [0.717, 1.165) is 35.2 Å². The Morgan fingerprint density at radius 2 is 1.88 bits per heavy atom. The minimum atomic E-state index is -3.60. The van der Waals surface area contributed by atoms with Crippen molar-refractivity contribution in [3.63, 3.8) is 0 Å². The van der Waals surface area contributed by atoms with E-state index in [9.17, 15) is 13.2 Å². The second-order valence-electron chi connectivity index (χ2n) is 10.9. The molecule has 1 aromatic heterocycles. The Morgan fingerprint density at radius 1 is 1.12 bits per heavy atom. The van der Waals surface area contributed by atoms with Gasteiger partial charge in [0.05, 0.1) is 50.2 Å². The second-order valence-corrected chi connectivity index (χ2v) is 12.7. The molecule has 0 radical (unpaired) electrons. The summed E-state index contributed by atoms with van der Waals surface area (Å²) in [5.74, 6) is 0.890. The SMILES string of the molecule is COc1c(NC(=O)c2ccc(C)c(Oc3ccnc(CN=C4CCOC4)c3)c2)cc(C(C)(C)C)cc1NS(C)(=O)=O. The van der Waals surface area contributed by atoms with Crippen molar-refractivity contribution in [2.24, 2.45) is 4.99 Å². The number of ether oxygens (including phenoxy) is 3. The van der Waals surface area contributed by atoms with Crippen LogP contribution in [-0.2, 0) is 26.7 Å². The van der Waals surface area contributed by atoms with Gasteiger partial charge in [-0.05, 0) is 53.8 Å². The number of hydrogen-bond donors (Lipinski definition) is 2. The molecule has 0 saturated carbocycles. The molecule has 0 atom stereocenters. The molecule has 2 aromatic carbocycles. The Hall–Kier alpha value is -3.96. The van der Waals surface area contributed by atoms with Crippen LogP contribution in [-0.4, -0.2) is 51.6 Å². The van der Waals surface area contributed by atoms with Crippen LogP contribution in [0.1, 0.15) is 54.4 Å². The normalized spacial score (nSPS) is 14.6. The van der Waals surface area contributed by atoms with Gasteiger partial charge >= 0.3 is 0 Å². The molecular weight excluding hydrogens is 544 g/mol. The number of pyridine rings is 1. The molecule has 1 aliphatic heterocycles. The van der Waals surface area contributed by atoms with E-state index in [-0.39, 0.29) is 16.9 Å². The maximum Gasteiger partial charge on any atom is 0.255 e. The first-order valence-corrected chi connectivity index (χ1v) is 15.1. The third kappa shape index (κ3) is 8.05. The fraction of sp³-hybridized carbons (Fsp3) is 0.367. The maximum atomic E-state index is 13.4. The molecule has 3 aromatic rings. The third-order valence-electron chi connectivity index (χ3n) is 6.44. The number of rotatable bonds is 9. The predicted octanol–water partition coefficient (Wildman–Crippen LogP) is 5.47. The van der Waals surface area contributed by atoms with Gasteiger partial charge in [0.25, 0.3) is 5.91 Å². The smallest absolute Gasteiger partial charge is 0.255 e. The van der Waals surface area contributed by atoms with Gasteiger partial charge in [0.15, 0.2) is 5.75 Å². The highest BCUT2D eigenvalue weighted by atomic mass is 32.2. The zero-order valence-corrected chi connectivity index (χ0v) is 25.0. The van der Waals surface area contributed by atoms with Gasteiger partial charge in [-0.15, -0.1) is 0 Å². The summed E-state index contributed by atoms with van der Waals surface area (Å²) in [5.41, 5.74) is 4.05. The Bertz CT molecular complexity index is 1570.